The number of ketones is 1. The van der Waals surface area contributed by atoms with Gasteiger partial charge in [-0.3, -0.25) is 9.89 Å². The van der Waals surface area contributed by atoms with E-state index in [9.17, 15) is 9.90 Å². The fourth-order valence-corrected chi connectivity index (χ4v) is 3.07. The molecule has 0 amide bonds. The first-order valence-corrected chi connectivity index (χ1v) is 8.70. The van der Waals surface area contributed by atoms with E-state index < -0.39 is 11.9 Å². The molecule has 2 heterocycles. The van der Waals surface area contributed by atoms with Crippen LogP contribution in [0.25, 0.3) is 0 Å². The van der Waals surface area contributed by atoms with E-state index in [4.69, 9.17) is 14.9 Å². The first kappa shape index (κ1) is 18.3. The molecule has 0 saturated carbocycles. The highest BCUT2D eigenvalue weighted by Gasteiger charge is 2.37. The lowest BCUT2D eigenvalue weighted by Crippen LogP contribution is -2.40. The Hall–Kier alpha value is -2.51. The summed E-state index contributed by atoms with van der Waals surface area (Å²) in [6.45, 7) is 3.96. The summed E-state index contributed by atoms with van der Waals surface area (Å²) in [5, 5.41) is 24.6. The largest absolute Gasteiger partial charge is 0.486 e. The summed E-state index contributed by atoms with van der Waals surface area (Å²) in [5.41, 5.74) is 1.28. The zero-order chi connectivity index (χ0) is 18.7. The van der Waals surface area contributed by atoms with Gasteiger partial charge in [0, 0.05) is 17.3 Å². The topological polar surface area (TPSA) is 108 Å². The lowest BCUT2D eigenvalue weighted by Gasteiger charge is -2.36. The zero-order valence-electron chi connectivity index (χ0n) is 14.9. The number of rotatable bonds is 7. The smallest absolute Gasteiger partial charge is 0.181 e. The van der Waals surface area contributed by atoms with Crippen molar-refractivity contribution in [3.63, 3.8) is 0 Å². The van der Waals surface area contributed by atoms with Crippen molar-refractivity contribution >= 4 is 11.5 Å². The van der Waals surface area contributed by atoms with Gasteiger partial charge in [0.2, 0.25) is 0 Å². The van der Waals surface area contributed by atoms with Crippen LogP contribution >= 0.6 is 0 Å². The number of hydrogen-bond acceptors (Lipinski definition) is 6. The first-order chi connectivity index (χ1) is 12.5. The second-order valence-corrected chi connectivity index (χ2v) is 6.48. The van der Waals surface area contributed by atoms with Crippen LogP contribution in [0.15, 0.2) is 30.6 Å². The summed E-state index contributed by atoms with van der Waals surface area (Å²) in [6, 6.07) is 4.99. The molecule has 1 aliphatic heterocycles. The number of hydrogen-bond donors (Lipinski definition) is 3. The second-order valence-electron chi connectivity index (χ2n) is 6.48. The van der Waals surface area contributed by atoms with Gasteiger partial charge in [-0.05, 0) is 25.0 Å². The number of carbonyl (C=O) groups excluding carboxylic acids is 1. The predicted octanol–water partition coefficient (Wildman–Crippen LogP) is 3.01. The summed E-state index contributed by atoms with van der Waals surface area (Å²) >= 11 is 0. The van der Waals surface area contributed by atoms with Crippen LogP contribution < -0.4 is 4.74 Å². The molecule has 0 bridgehead atoms. The van der Waals surface area contributed by atoms with Crippen LogP contribution in [0.4, 0.5) is 0 Å². The van der Waals surface area contributed by atoms with Gasteiger partial charge in [0.15, 0.2) is 12.1 Å². The molecule has 26 heavy (non-hydrogen) atoms. The highest BCUT2D eigenvalue weighted by Crippen LogP contribution is 2.38. The normalized spacial score (nSPS) is 16.7. The summed E-state index contributed by atoms with van der Waals surface area (Å²) in [4.78, 5) is 12.6. The Morgan fingerprint density at radius 2 is 2.23 bits per heavy atom. The van der Waals surface area contributed by atoms with E-state index in [1.54, 1.807) is 24.4 Å². The molecule has 7 heteroatoms. The number of carbonyl (C=O) groups is 1. The number of aliphatic hydroxyl groups excluding tert-OH is 1. The Balaban J connectivity index is 1.71. The molecule has 3 N–H and O–H groups in total. The molecule has 138 valence electrons. The number of Topliss-reactive ketones (excluding diaryl/α,β-unsaturated/α-hetero) is 1. The molecule has 0 saturated heterocycles. The summed E-state index contributed by atoms with van der Waals surface area (Å²) < 4.78 is 11.4. The van der Waals surface area contributed by atoms with Crippen LogP contribution in [0.2, 0.25) is 0 Å². The molecule has 0 aliphatic carbocycles. The van der Waals surface area contributed by atoms with E-state index in [0.29, 0.717) is 28.9 Å². The SMILES string of the molecule is CCC1(CC)CC(=O)c2cc(C(O)OCC(=N)c3cn[nH]c3)ccc2O1. The number of H-pyrrole nitrogens is 1. The lowest BCUT2D eigenvalue weighted by molar-refractivity contribution is -0.0883. The average Bonchev–Trinajstić information content (AvgIpc) is 3.20. The third kappa shape index (κ3) is 3.54. The maximum Gasteiger partial charge on any atom is 0.181 e. The summed E-state index contributed by atoms with van der Waals surface area (Å²) in [6.07, 6.45) is 3.72. The molecule has 1 aromatic heterocycles. The van der Waals surface area contributed by atoms with Crippen LogP contribution in [0.1, 0.15) is 60.9 Å². The monoisotopic (exact) mass is 357 g/mol. The number of fused-ring (bicyclic) bond motifs is 1. The Morgan fingerprint density at radius 1 is 1.46 bits per heavy atom. The third-order valence-electron chi connectivity index (χ3n) is 4.92. The van der Waals surface area contributed by atoms with Crippen molar-refractivity contribution < 1.29 is 19.4 Å². The van der Waals surface area contributed by atoms with Gasteiger partial charge >= 0.3 is 0 Å². The molecule has 1 aliphatic rings. The number of nitrogens with one attached hydrogen (secondary N) is 2. The van der Waals surface area contributed by atoms with Crippen LogP contribution in [0, 0.1) is 5.41 Å². The van der Waals surface area contributed by atoms with Crippen molar-refractivity contribution in [2.75, 3.05) is 6.61 Å². The van der Waals surface area contributed by atoms with E-state index in [0.717, 1.165) is 12.8 Å². The Morgan fingerprint density at radius 3 is 2.88 bits per heavy atom. The van der Waals surface area contributed by atoms with Crippen LogP contribution in [0.3, 0.4) is 0 Å². The van der Waals surface area contributed by atoms with Gasteiger partial charge in [0.05, 0.1) is 30.5 Å². The van der Waals surface area contributed by atoms with Crippen LogP contribution in [-0.2, 0) is 4.74 Å². The summed E-state index contributed by atoms with van der Waals surface area (Å²) in [7, 11) is 0. The quantitative estimate of drug-likeness (QED) is 0.521. The van der Waals surface area contributed by atoms with Gasteiger partial charge in [-0.1, -0.05) is 19.9 Å². The number of aliphatic hydroxyl groups is 1. The molecular formula is C19H23N3O4. The average molecular weight is 357 g/mol. The van der Waals surface area contributed by atoms with E-state index in [1.165, 1.54) is 6.20 Å². The van der Waals surface area contributed by atoms with Gasteiger partial charge in [-0.25, -0.2) is 0 Å². The van der Waals surface area contributed by atoms with E-state index >= 15 is 0 Å². The van der Waals surface area contributed by atoms with Gasteiger partial charge in [-0.15, -0.1) is 0 Å². The molecule has 2 aromatic rings. The van der Waals surface area contributed by atoms with Crippen molar-refractivity contribution in [3.8, 4) is 5.75 Å². The van der Waals surface area contributed by atoms with Gasteiger partial charge in [0.1, 0.15) is 11.4 Å². The van der Waals surface area contributed by atoms with Crippen LogP contribution in [0.5, 0.6) is 5.75 Å². The Kier molecular flexibility index (Phi) is 5.20. The highest BCUT2D eigenvalue weighted by molar-refractivity contribution is 6.00. The minimum absolute atomic E-state index is 0.00939. The van der Waals surface area contributed by atoms with Crippen LogP contribution in [-0.4, -0.2) is 39.0 Å². The lowest BCUT2D eigenvalue weighted by atomic mass is 9.85. The first-order valence-electron chi connectivity index (χ1n) is 8.70. The van der Waals surface area contributed by atoms with Crippen molar-refractivity contribution in [3.05, 3.63) is 47.3 Å². The second kappa shape index (κ2) is 7.39. The van der Waals surface area contributed by atoms with E-state index in [1.807, 2.05) is 13.8 Å². The highest BCUT2D eigenvalue weighted by atomic mass is 16.6. The molecule has 1 atom stereocenters. The molecule has 1 unspecified atom stereocenters. The standard InChI is InChI=1S/C19H23N3O4/c1-3-19(4-2)8-16(23)14-7-12(5-6-17(14)26-19)18(24)25-11-15(20)13-9-21-22-10-13/h5-7,9-10,18,20,24H,3-4,8,11H2,1-2H3,(H,21,22). The molecule has 7 nitrogen and oxygen atoms in total. The van der Waals surface area contributed by atoms with E-state index in [-0.39, 0.29) is 18.1 Å². The minimum Gasteiger partial charge on any atom is -0.486 e. The molecule has 0 spiro atoms. The van der Waals surface area contributed by atoms with Crippen molar-refractivity contribution in [2.45, 2.75) is 45.0 Å². The molecule has 3 rings (SSSR count). The number of aromatic amines is 1. The number of aromatic nitrogens is 2. The number of benzene rings is 1. The maximum atomic E-state index is 12.6. The summed E-state index contributed by atoms with van der Waals surface area (Å²) in [5.74, 6) is 0.558. The molecule has 0 fully saturated rings. The minimum atomic E-state index is -1.23. The fourth-order valence-electron chi connectivity index (χ4n) is 3.07. The predicted molar refractivity (Wildman–Crippen MR) is 95.7 cm³/mol. The zero-order valence-corrected chi connectivity index (χ0v) is 14.9. The maximum absolute atomic E-state index is 12.6. The van der Waals surface area contributed by atoms with Gasteiger partial charge in [-0.2, -0.15) is 5.10 Å². The number of nitrogens with zero attached hydrogens (tertiary/aromatic N) is 1. The van der Waals surface area contributed by atoms with Gasteiger partial charge in [0.25, 0.3) is 0 Å². The third-order valence-corrected chi connectivity index (χ3v) is 4.92. The Labute approximate surface area is 151 Å². The van der Waals surface area contributed by atoms with Gasteiger partial charge < -0.3 is 20.0 Å². The molecule has 0 radical (unpaired) electrons. The number of ether oxygens (including phenoxy) is 2. The van der Waals surface area contributed by atoms with Crippen molar-refractivity contribution in [1.82, 2.24) is 10.2 Å². The van der Waals surface area contributed by atoms with Crippen molar-refractivity contribution in [1.29, 1.82) is 5.41 Å². The fraction of sp³-hybridized carbons (Fsp3) is 0.421. The molecule has 1 aromatic carbocycles. The Bertz CT molecular complexity index is 797. The molecular weight excluding hydrogens is 334 g/mol. The van der Waals surface area contributed by atoms with Crippen molar-refractivity contribution in [2.24, 2.45) is 0 Å². The van der Waals surface area contributed by atoms with E-state index in [2.05, 4.69) is 10.2 Å².